The van der Waals surface area contributed by atoms with Gasteiger partial charge in [0.2, 0.25) is 5.78 Å². The minimum atomic E-state index is -0.424. The maximum Gasteiger partial charge on any atom is 0.317 e. The number of amidine groups is 1. The summed E-state index contributed by atoms with van der Waals surface area (Å²) in [6.45, 7) is 1.29. The highest BCUT2D eigenvalue weighted by atomic mass is 79.9. The van der Waals surface area contributed by atoms with Crippen molar-refractivity contribution in [1.29, 1.82) is 5.41 Å². The number of nitrogens with one attached hydrogen (secondary N) is 3. The maximum atomic E-state index is 13.3. The van der Waals surface area contributed by atoms with Crippen LogP contribution in [0, 0.1) is 23.0 Å². The van der Waals surface area contributed by atoms with E-state index < -0.39 is 5.82 Å². The molecule has 164 valence electrons. The zero-order valence-electron chi connectivity index (χ0n) is 16.8. The van der Waals surface area contributed by atoms with Crippen molar-refractivity contribution in [3.8, 4) is 0 Å². The first-order valence-corrected chi connectivity index (χ1v) is 10.7. The van der Waals surface area contributed by atoms with Crippen LogP contribution in [0.1, 0.15) is 18.4 Å². The highest BCUT2D eigenvalue weighted by Gasteiger charge is 2.29. The predicted octanol–water partition coefficient (Wildman–Crippen LogP) is 4.35. The summed E-state index contributed by atoms with van der Waals surface area (Å²) in [5, 5.41) is 13.6. The molecule has 1 heterocycles. The second kappa shape index (κ2) is 10.5. The van der Waals surface area contributed by atoms with Crippen LogP contribution < -0.4 is 10.6 Å². The van der Waals surface area contributed by atoms with Crippen LogP contribution >= 0.6 is 15.9 Å². The Morgan fingerprint density at radius 3 is 2.42 bits per heavy atom. The lowest BCUT2D eigenvalue weighted by Gasteiger charge is -2.31. The van der Waals surface area contributed by atoms with Gasteiger partial charge in [0.1, 0.15) is 11.6 Å². The molecule has 9 heteroatoms. The zero-order chi connectivity index (χ0) is 22.4. The molecule has 6 nitrogen and oxygen atoms in total. The van der Waals surface area contributed by atoms with Crippen molar-refractivity contribution in [3.63, 3.8) is 0 Å². The summed E-state index contributed by atoms with van der Waals surface area (Å²) >= 11 is 3.07. The van der Waals surface area contributed by atoms with Crippen molar-refractivity contribution in [2.45, 2.75) is 19.3 Å². The van der Waals surface area contributed by atoms with Gasteiger partial charge in [-0.1, -0.05) is 12.1 Å². The average molecular weight is 493 g/mol. The molecule has 1 fully saturated rings. The van der Waals surface area contributed by atoms with E-state index in [0.717, 1.165) is 5.56 Å². The molecule has 0 atom stereocenters. The fourth-order valence-electron chi connectivity index (χ4n) is 3.41. The predicted molar refractivity (Wildman–Crippen MR) is 118 cm³/mol. The summed E-state index contributed by atoms with van der Waals surface area (Å²) in [4.78, 5) is 26.6. The average Bonchev–Trinajstić information content (AvgIpc) is 2.77. The molecule has 3 N–H and O–H groups in total. The lowest BCUT2D eigenvalue weighted by molar-refractivity contribution is -0.117. The van der Waals surface area contributed by atoms with E-state index in [1.165, 1.54) is 30.3 Å². The summed E-state index contributed by atoms with van der Waals surface area (Å²) in [7, 11) is 0. The summed E-state index contributed by atoms with van der Waals surface area (Å²) in [6.07, 6.45) is 1.55. The van der Waals surface area contributed by atoms with E-state index in [9.17, 15) is 18.4 Å². The van der Waals surface area contributed by atoms with Gasteiger partial charge in [-0.3, -0.25) is 10.2 Å². The fourth-order valence-corrected chi connectivity index (χ4v) is 3.78. The Kier molecular flexibility index (Phi) is 7.73. The van der Waals surface area contributed by atoms with Gasteiger partial charge in [-0.25, -0.2) is 13.6 Å². The molecule has 2 aromatic carbocycles. The number of halogens is 3. The topological polar surface area (TPSA) is 85.3 Å². The van der Waals surface area contributed by atoms with E-state index in [2.05, 4.69) is 26.6 Å². The molecule has 2 aromatic rings. The van der Waals surface area contributed by atoms with Crippen molar-refractivity contribution in [3.05, 3.63) is 64.1 Å². The Bertz CT molecular complexity index is 960. The second-order valence-electron chi connectivity index (χ2n) is 7.36. The Hall–Kier alpha value is -2.81. The molecule has 1 saturated heterocycles. The van der Waals surface area contributed by atoms with Crippen molar-refractivity contribution in [2.24, 2.45) is 5.92 Å². The Balaban J connectivity index is 1.41. The number of carbonyl (C=O) groups is 2. The number of piperidine rings is 1. The van der Waals surface area contributed by atoms with E-state index in [1.807, 2.05) is 0 Å². The quantitative estimate of drug-likeness (QED) is 0.413. The molecule has 0 bridgehead atoms. The molecule has 0 spiro atoms. The van der Waals surface area contributed by atoms with Gasteiger partial charge >= 0.3 is 6.03 Å². The number of nitrogens with zero attached hydrogens (tertiary/aromatic N) is 1. The highest BCUT2D eigenvalue weighted by molar-refractivity contribution is 9.10. The molecule has 1 aliphatic rings. The number of Topliss-reactive ketones (excluding diaryl/α,β-unsaturated/α-hetero) is 1. The van der Waals surface area contributed by atoms with E-state index >= 15 is 0 Å². The van der Waals surface area contributed by atoms with Gasteiger partial charge in [0, 0.05) is 31.2 Å². The van der Waals surface area contributed by atoms with Crippen molar-refractivity contribution < 1.29 is 18.4 Å². The smallest absolute Gasteiger partial charge is 0.317 e. The number of hydrogen-bond acceptors (Lipinski definition) is 3. The van der Waals surface area contributed by atoms with Gasteiger partial charge in [0.25, 0.3) is 0 Å². The standard InChI is InChI=1S/C22H23BrF2N4O2/c23-18-13-17(5-6-19(18)25)28-21(26)20(30)15-8-11-29(12-9-15)22(31)27-10-7-14-1-3-16(24)4-2-14/h1-6,13,15H,7-12H2,(H2,26,28)(H,27,31). The normalized spacial score (nSPS) is 14.2. The number of benzene rings is 2. The minimum Gasteiger partial charge on any atom is -0.338 e. The number of rotatable bonds is 6. The third kappa shape index (κ3) is 6.33. The highest BCUT2D eigenvalue weighted by Crippen LogP contribution is 2.22. The van der Waals surface area contributed by atoms with Gasteiger partial charge < -0.3 is 15.5 Å². The van der Waals surface area contributed by atoms with Crippen LogP contribution in [0.5, 0.6) is 0 Å². The molecular weight excluding hydrogens is 470 g/mol. The van der Waals surface area contributed by atoms with E-state index in [1.54, 1.807) is 17.0 Å². The van der Waals surface area contributed by atoms with Gasteiger partial charge in [-0.2, -0.15) is 0 Å². The van der Waals surface area contributed by atoms with Crippen LogP contribution in [-0.4, -0.2) is 42.2 Å². The van der Waals surface area contributed by atoms with Crippen LogP contribution in [0.15, 0.2) is 46.9 Å². The van der Waals surface area contributed by atoms with E-state index in [-0.39, 0.29) is 33.9 Å². The molecule has 0 saturated carbocycles. The molecule has 0 radical (unpaired) electrons. The summed E-state index contributed by atoms with van der Waals surface area (Å²) < 4.78 is 26.5. The molecule has 3 rings (SSSR count). The van der Waals surface area contributed by atoms with Crippen LogP contribution in [0.3, 0.4) is 0 Å². The van der Waals surface area contributed by atoms with Gasteiger partial charge in [0.15, 0.2) is 5.84 Å². The Morgan fingerprint density at radius 2 is 1.77 bits per heavy atom. The number of urea groups is 1. The summed E-state index contributed by atoms with van der Waals surface area (Å²) in [6, 6.07) is 10.1. The summed E-state index contributed by atoms with van der Waals surface area (Å²) in [5.74, 6) is -1.63. The monoisotopic (exact) mass is 492 g/mol. The molecule has 31 heavy (non-hydrogen) atoms. The largest absolute Gasteiger partial charge is 0.338 e. The molecule has 1 aliphatic heterocycles. The molecule has 0 unspecified atom stereocenters. The number of hydrogen-bond donors (Lipinski definition) is 3. The molecule has 0 aliphatic carbocycles. The fraction of sp³-hybridized carbons (Fsp3) is 0.318. The first kappa shape index (κ1) is 22.9. The van der Waals surface area contributed by atoms with E-state index in [0.29, 0.717) is 44.6 Å². The third-order valence-corrected chi connectivity index (χ3v) is 5.80. The van der Waals surface area contributed by atoms with Gasteiger partial charge in [-0.05, 0) is 71.1 Å². The summed E-state index contributed by atoms with van der Waals surface area (Å²) in [5.41, 5.74) is 1.38. The first-order valence-electron chi connectivity index (χ1n) is 9.95. The van der Waals surface area contributed by atoms with Crippen molar-refractivity contribution >= 4 is 39.3 Å². The number of amides is 2. The molecular formula is C22H23BrF2N4O2. The van der Waals surface area contributed by atoms with Crippen LogP contribution in [0.2, 0.25) is 0 Å². The van der Waals surface area contributed by atoms with Crippen LogP contribution in [0.4, 0.5) is 19.3 Å². The number of likely N-dealkylation sites (tertiary alicyclic amines) is 1. The second-order valence-corrected chi connectivity index (χ2v) is 8.22. The zero-order valence-corrected chi connectivity index (χ0v) is 18.3. The minimum absolute atomic E-state index is 0.197. The number of carbonyl (C=O) groups excluding carboxylic acids is 2. The molecule has 2 amide bonds. The van der Waals surface area contributed by atoms with Crippen LogP contribution in [-0.2, 0) is 11.2 Å². The van der Waals surface area contributed by atoms with Crippen LogP contribution in [0.25, 0.3) is 0 Å². The molecule has 0 aromatic heterocycles. The number of anilines is 1. The van der Waals surface area contributed by atoms with E-state index in [4.69, 9.17) is 5.41 Å². The Labute approximate surface area is 187 Å². The Morgan fingerprint density at radius 1 is 1.10 bits per heavy atom. The van der Waals surface area contributed by atoms with Crippen molar-refractivity contribution in [2.75, 3.05) is 25.0 Å². The van der Waals surface area contributed by atoms with Gasteiger partial charge in [-0.15, -0.1) is 0 Å². The maximum absolute atomic E-state index is 13.3. The van der Waals surface area contributed by atoms with Crippen molar-refractivity contribution in [1.82, 2.24) is 10.2 Å². The SMILES string of the molecule is N=C(Nc1ccc(F)c(Br)c1)C(=O)C1CCN(C(=O)NCCc2ccc(F)cc2)CC1. The first-order chi connectivity index (χ1) is 14.8. The van der Waals surface area contributed by atoms with Gasteiger partial charge in [0.05, 0.1) is 4.47 Å². The lowest BCUT2D eigenvalue weighted by atomic mass is 9.92. The third-order valence-electron chi connectivity index (χ3n) is 5.19. The lowest BCUT2D eigenvalue weighted by Crippen LogP contribution is -2.46. The number of ketones is 1.